The molecule has 0 amide bonds. The molecule has 4 heteroatoms. The minimum atomic E-state index is 0.549. The smallest absolute Gasteiger partial charge is 0.101 e. The van der Waals surface area contributed by atoms with Crippen molar-refractivity contribution in [3.8, 4) is 0 Å². The number of pyridine rings is 1. The quantitative estimate of drug-likeness (QED) is 0.925. The number of hydrogen-bond acceptors (Lipinski definition) is 3. The summed E-state index contributed by atoms with van der Waals surface area (Å²) in [7, 11) is 0. The third-order valence-corrected chi connectivity index (χ3v) is 3.81. The zero-order valence-corrected chi connectivity index (χ0v) is 12.8. The summed E-state index contributed by atoms with van der Waals surface area (Å²) in [5.74, 6) is 0. The molecular formula is C14H15BrN2S. The third-order valence-electron chi connectivity index (χ3n) is 2.46. The standard InChI is InChI=1S/C14H15BrN2S/c1-9-3-10(2)17-14(4-9)18-13-6-11(8-16)5-12(15)7-13/h3-7H,8,16H2,1-2H3. The van der Waals surface area contributed by atoms with Gasteiger partial charge in [-0.15, -0.1) is 0 Å². The van der Waals surface area contributed by atoms with Crippen molar-refractivity contribution >= 4 is 27.7 Å². The van der Waals surface area contributed by atoms with Gasteiger partial charge < -0.3 is 5.73 Å². The van der Waals surface area contributed by atoms with Crippen molar-refractivity contribution in [1.29, 1.82) is 0 Å². The topological polar surface area (TPSA) is 38.9 Å². The van der Waals surface area contributed by atoms with Crippen molar-refractivity contribution in [2.45, 2.75) is 30.3 Å². The average Bonchev–Trinajstić information content (AvgIpc) is 2.26. The maximum absolute atomic E-state index is 5.68. The van der Waals surface area contributed by atoms with Crippen LogP contribution in [0.15, 0.2) is 44.7 Å². The number of hydrogen-bond donors (Lipinski definition) is 1. The Morgan fingerprint density at radius 3 is 2.61 bits per heavy atom. The van der Waals surface area contributed by atoms with Gasteiger partial charge in [-0.2, -0.15) is 0 Å². The summed E-state index contributed by atoms with van der Waals surface area (Å²) in [6.45, 7) is 4.65. The van der Waals surface area contributed by atoms with E-state index in [2.05, 4.69) is 52.1 Å². The molecule has 0 aliphatic heterocycles. The Kier molecular flexibility index (Phi) is 4.43. The van der Waals surface area contributed by atoms with E-state index in [1.54, 1.807) is 11.8 Å². The molecule has 2 aromatic rings. The van der Waals surface area contributed by atoms with E-state index < -0.39 is 0 Å². The van der Waals surface area contributed by atoms with Crippen molar-refractivity contribution in [3.63, 3.8) is 0 Å². The zero-order chi connectivity index (χ0) is 13.1. The molecule has 1 aromatic heterocycles. The maximum Gasteiger partial charge on any atom is 0.101 e. The number of nitrogens with two attached hydrogens (primary N) is 1. The lowest BCUT2D eigenvalue weighted by Crippen LogP contribution is -1.96. The number of aryl methyl sites for hydroxylation is 2. The molecule has 2 nitrogen and oxygen atoms in total. The molecule has 0 saturated heterocycles. The Bertz CT molecular complexity index is 549. The molecule has 0 fully saturated rings. The lowest BCUT2D eigenvalue weighted by atomic mass is 10.2. The van der Waals surface area contributed by atoms with E-state index >= 15 is 0 Å². The van der Waals surface area contributed by atoms with Crippen LogP contribution in [0.5, 0.6) is 0 Å². The average molecular weight is 323 g/mol. The molecule has 0 aliphatic rings. The fourth-order valence-electron chi connectivity index (χ4n) is 1.77. The normalized spacial score (nSPS) is 10.7. The van der Waals surface area contributed by atoms with Crippen LogP contribution in [-0.2, 0) is 6.54 Å². The summed E-state index contributed by atoms with van der Waals surface area (Å²) in [5.41, 5.74) is 9.09. The van der Waals surface area contributed by atoms with E-state index in [9.17, 15) is 0 Å². The van der Waals surface area contributed by atoms with Crippen LogP contribution in [0.2, 0.25) is 0 Å². The van der Waals surface area contributed by atoms with Crippen LogP contribution in [0.3, 0.4) is 0 Å². The highest BCUT2D eigenvalue weighted by Crippen LogP contribution is 2.30. The van der Waals surface area contributed by atoms with Gasteiger partial charge in [0.2, 0.25) is 0 Å². The number of nitrogens with zero attached hydrogens (tertiary/aromatic N) is 1. The molecule has 1 heterocycles. The maximum atomic E-state index is 5.68. The van der Waals surface area contributed by atoms with Gasteiger partial charge in [0.05, 0.1) is 0 Å². The van der Waals surface area contributed by atoms with E-state index in [-0.39, 0.29) is 0 Å². The molecule has 1 aromatic carbocycles. The highest BCUT2D eigenvalue weighted by atomic mass is 79.9. The molecule has 18 heavy (non-hydrogen) atoms. The minimum Gasteiger partial charge on any atom is -0.326 e. The second-order valence-electron chi connectivity index (χ2n) is 4.23. The molecule has 0 unspecified atom stereocenters. The van der Waals surface area contributed by atoms with Gasteiger partial charge in [-0.3, -0.25) is 0 Å². The molecule has 0 bridgehead atoms. The molecule has 0 radical (unpaired) electrons. The Morgan fingerprint density at radius 2 is 1.94 bits per heavy atom. The van der Waals surface area contributed by atoms with Crippen molar-refractivity contribution in [2.75, 3.05) is 0 Å². The molecule has 94 valence electrons. The number of rotatable bonds is 3. The van der Waals surface area contributed by atoms with Gasteiger partial charge in [0.1, 0.15) is 5.03 Å². The van der Waals surface area contributed by atoms with Gasteiger partial charge in [-0.1, -0.05) is 27.7 Å². The molecule has 0 aliphatic carbocycles. The molecule has 0 atom stereocenters. The van der Waals surface area contributed by atoms with E-state index in [0.29, 0.717) is 6.54 Å². The van der Waals surface area contributed by atoms with Gasteiger partial charge in [0, 0.05) is 21.6 Å². The van der Waals surface area contributed by atoms with Crippen LogP contribution in [0.25, 0.3) is 0 Å². The zero-order valence-electron chi connectivity index (χ0n) is 10.4. The van der Waals surface area contributed by atoms with E-state index in [1.807, 2.05) is 13.0 Å². The van der Waals surface area contributed by atoms with Gasteiger partial charge in [0.15, 0.2) is 0 Å². The predicted octanol–water partition coefficient (Wildman–Crippen LogP) is 4.07. The second-order valence-corrected chi connectivity index (χ2v) is 6.23. The van der Waals surface area contributed by atoms with Crippen molar-refractivity contribution in [3.05, 3.63) is 51.6 Å². The van der Waals surface area contributed by atoms with Crippen LogP contribution in [0, 0.1) is 13.8 Å². The molecule has 2 N–H and O–H groups in total. The molecule has 2 rings (SSSR count). The van der Waals surface area contributed by atoms with Gasteiger partial charge in [-0.05, 0) is 55.3 Å². The number of halogens is 1. The van der Waals surface area contributed by atoms with Crippen LogP contribution in [-0.4, -0.2) is 4.98 Å². The summed E-state index contributed by atoms with van der Waals surface area (Å²) in [6, 6.07) is 10.4. The minimum absolute atomic E-state index is 0.549. The van der Waals surface area contributed by atoms with Gasteiger partial charge >= 0.3 is 0 Å². The Balaban J connectivity index is 2.30. The van der Waals surface area contributed by atoms with Crippen molar-refractivity contribution < 1.29 is 0 Å². The third kappa shape index (κ3) is 3.57. The van der Waals surface area contributed by atoms with E-state index in [4.69, 9.17) is 5.73 Å². The first kappa shape index (κ1) is 13.6. The molecule has 0 saturated carbocycles. The Hall–Kier alpha value is -0.840. The predicted molar refractivity (Wildman–Crippen MR) is 79.9 cm³/mol. The van der Waals surface area contributed by atoms with Gasteiger partial charge in [0.25, 0.3) is 0 Å². The SMILES string of the molecule is Cc1cc(C)nc(Sc2cc(Br)cc(CN)c2)c1. The summed E-state index contributed by atoms with van der Waals surface area (Å²) in [4.78, 5) is 5.69. The first-order valence-electron chi connectivity index (χ1n) is 5.69. The highest BCUT2D eigenvalue weighted by Gasteiger charge is 2.03. The number of aromatic nitrogens is 1. The summed E-state index contributed by atoms with van der Waals surface area (Å²) >= 11 is 5.17. The first-order chi connectivity index (χ1) is 8.56. The van der Waals surface area contributed by atoms with Crippen LogP contribution >= 0.6 is 27.7 Å². The highest BCUT2D eigenvalue weighted by molar-refractivity contribution is 9.10. The van der Waals surface area contributed by atoms with Crippen molar-refractivity contribution in [1.82, 2.24) is 4.98 Å². The Labute approximate surface area is 120 Å². The fraction of sp³-hybridized carbons (Fsp3) is 0.214. The summed E-state index contributed by atoms with van der Waals surface area (Å²) in [6.07, 6.45) is 0. The first-order valence-corrected chi connectivity index (χ1v) is 7.30. The lowest BCUT2D eigenvalue weighted by Gasteiger charge is -2.06. The molecular weight excluding hydrogens is 308 g/mol. The fourth-order valence-corrected chi connectivity index (χ4v) is 3.54. The van der Waals surface area contributed by atoms with E-state index in [1.165, 1.54) is 5.56 Å². The monoisotopic (exact) mass is 322 g/mol. The van der Waals surface area contributed by atoms with Crippen LogP contribution in [0.1, 0.15) is 16.8 Å². The second kappa shape index (κ2) is 5.87. The van der Waals surface area contributed by atoms with Crippen LogP contribution < -0.4 is 5.73 Å². The van der Waals surface area contributed by atoms with Gasteiger partial charge in [-0.25, -0.2) is 4.98 Å². The van der Waals surface area contributed by atoms with Crippen LogP contribution in [0.4, 0.5) is 0 Å². The Morgan fingerprint density at radius 1 is 1.17 bits per heavy atom. The lowest BCUT2D eigenvalue weighted by molar-refractivity contribution is 1.04. The summed E-state index contributed by atoms with van der Waals surface area (Å²) < 4.78 is 1.05. The largest absolute Gasteiger partial charge is 0.326 e. The van der Waals surface area contributed by atoms with E-state index in [0.717, 1.165) is 25.7 Å². The number of benzene rings is 1. The molecule has 0 spiro atoms. The van der Waals surface area contributed by atoms with Crippen molar-refractivity contribution in [2.24, 2.45) is 5.73 Å². The summed E-state index contributed by atoms with van der Waals surface area (Å²) in [5, 5.41) is 1.02.